The molecule has 3 rings (SSSR count). The molecule has 0 bridgehead atoms. The zero-order valence-corrected chi connectivity index (χ0v) is 14.1. The maximum Gasteiger partial charge on any atom is 0.223 e. The van der Waals surface area contributed by atoms with Crippen molar-refractivity contribution >= 4 is 5.91 Å². The monoisotopic (exact) mass is 320 g/mol. The standard InChI is InChI=1S/C17H28N4O2/c1-15-19-9-11-20(15)10-2-3-16(22)21-12-8-18-7-4-17(21)5-13-23-14-6-17/h9,11,18H,2-8,10,12-14H2,1H3. The molecule has 0 aliphatic carbocycles. The molecule has 2 aliphatic rings. The van der Waals surface area contributed by atoms with E-state index in [1.807, 2.05) is 19.3 Å². The molecule has 2 saturated heterocycles. The third-order valence-electron chi connectivity index (χ3n) is 5.29. The molecule has 2 fully saturated rings. The molecule has 6 heteroatoms. The van der Waals surface area contributed by atoms with Crippen molar-refractivity contribution in [2.45, 2.75) is 51.1 Å². The lowest BCUT2D eigenvalue weighted by molar-refractivity contribution is -0.141. The summed E-state index contributed by atoms with van der Waals surface area (Å²) in [7, 11) is 0. The topological polar surface area (TPSA) is 59.4 Å². The molecule has 1 amide bonds. The molecule has 0 saturated carbocycles. The molecule has 0 aromatic carbocycles. The van der Waals surface area contributed by atoms with Gasteiger partial charge < -0.3 is 19.5 Å². The second-order valence-corrected chi connectivity index (χ2v) is 6.65. The molecule has 128 valence electrons. The predicted octanol–water partition coefficient (Wildman–Crippen LogP) is 1.34. The number of hydrogen-bond acceptors (Lipinski definition) is 4. The SMILES string of the molecule is Cc1nccn1CCCC(=O)N1CCNCCC12CCOCC2. The van der Waals surface area contributed by atoms with Gasteiger partial charge in [0.25, 0.3) is 0 Å². The van der Waals surface area contributed by atoms with Crippen molar-refractivity contribution < 1.29 is 9.53 Å². The van der Waals surface area contributed by atoms with Crippen molar-refractivity contribution in [1.29, 1.82) is 0 Å². The van der Waals surface area contributed by atoms with E-state index in [4.69, 9.17) is 4.74 Å². The van der Waals surface area contributed by atoms with Crippen molar-refractivity contribution in [2.75, 3.05) is 32.8 Å². The lowest BCUT2D eigenvalue weighted by Gasteiger charge is -2.45. The number of aromatic nitrogens is 2. The number of aryl methyl sites for hydroxylation is 2. The number of carbonyl (C=O) groups excluding carboxylic acids is 1. The van der Waals surface area contributed by atoms with Crippen LogP contribution in [-0.4, -0.2) is 58.7 Å². The summed E-state index contributed by atoms with van der Waals surface area (Å²) in [6.45, 7) is 7.13. The average molecular weight is 320 g/mol. The molecule has 3 heterocycles. The van der Waals surface area contributed by atoms with Crippen molar-refractivity contribution in [1.82, 2.24) is 19.8 Å². The van der Waals surface area contributed by atoms with Crippen molar-refractivity contribution in [3.8, 4) is 0 Å². The molecule has 1 aromatic heterocycles. The second-order valence-electron chi connectivity index (χ2n) is 6.65. The van der Waals surface area contributed by atoms with Gasteiger partial charge in [-0.3, -0.25) is 4.79 Å². The summed E-state index contributed by atoms with van der Waals surface area (Å²) in [5.41, 5.74) is 0.0176. The van der Waals surface area contributed by atoms with Crippen LogP contribution < -0.4 is 5.32 Å². The first-order valence-electron chi connectivity index (χ1n) is 8.78. The van der Waals surface area contributed by atoms with Crippen LogP contribution in [0.25, 0.3) is 0 Å². The largest absolute Gasteiger partial charge is 0.381 e. The van der Waals surface area contributed by atoms with Gasteiger partial charge in [-0.05, 0) is 39.2 Å². The van der Waals surface area contributed by atoms with E-state index in [0.29, 0.717) is 12.3 Å². The third-order valence-corrected chi connectivity index (χ3v) is 5.29. The van der Waals surface area contributed by atoms with E-state index >= 15 is 0 Å². The number of rotatable bonds is 4. The van der Waals surface area contributed by atoms with E-state index < -0.39 is 0 Å². The Morgan fingerprint density at radius 1 is 1.35 bits per heavy atom. The highest BCUT2D eigenvalue weighted by Crippen LogP contribution is 2.32. The smallest absolute Gasteiger partial charge is 0.223 e. The van der Waals surface area contributed by atoms with Gasteiger partial charge in [-0.2, -0.15) is 0 Å². The van der Waals surface area contributed by atoms with Gasteiger partial charge in [0.15, 0.2) is 0 Å². The molecule has 23 heavy (non-hydrogen) atoms. The van der Waals surface area contributed by atoms with Crippen molar-refractivity contribution in [3.05, 3.63) is 18.2 Å². The molecule has 0 atom stereocenters. The fourth-order valence-electron chi connectivity index (χ4n) is 3.85. The fourth-order valence-corrected chi connectivity index (χ4v) is 3.85. The molecule has 1 spiro atoms. The van der Waals surface area contributed by atoms with E-state index in [1.165, 1.54) is 0 Å². The highest BCUT2D eigenvalue weighted by Gasteiger charge is 2.41. The third kappa shape index (κ3) is 3.75. The van der Waals surface area contributed by atoms with Gasteiger partial charge in [0.2, 0.25) is 5.91 Å². The van der Waals surface area contributed by atoms with Crippen molar-refractivity contribution in [3.63, 3.8) is 0 Å². The highest BCUT2D eigenvalue weighted by atomic mass is 16.5. The number of nitrogens with one attached hydrogen (secondary N) is 1. The molecule has 0 radical (unpaired) electrons. The number of ether oxygens (including phenoxy) is 1. The first kappa shape index (κ1) is 16.5. The highest BCUT2D eigenvalue weighted by molar-refractivity contribution is 5.77. The van der Waals surface area contributed by atoms with Crippen LogP contribution in [0, 0.1) is 6.92 Å². The second kappa shape index (κ2) is 7.45. The summed E-state index contributed by atoms with van der Waals surface area (Å²) in [6.07, 6.45) is 8.27. The van der Waals surface area contributed by atoms with Gasteiger partial charge >= 0.3 is 0 Å². The minimum absolute atomic E-state index is 0.0176. The molecule has 2 aliphatic heterocycles. The van der Waals surface area contributed by atoms with Crippen LogP contribution >= 0.6 is 0 Å². The average Bonchev–Trinajstić information content (AvgIpc) is 2.86. The first-order valence-corrected chi connectivity index (χ1v) is 8.78. The Morgan fingerprint density at radius 3 is 2.91 bits per heavy atom. The lowest BCUT2D eigenvalue weighted by Crippen LogP contribution is -2.55. The Hall–Kier alpha value is -1.40. The quantitative estimate of drug-likeness (QED) is 0.909. The molecule has 6 nitrogen and oxygen atoms in total. The Morgan fingerprint density at radius 2 is 2.17 bits per heavy atom. The van der Waals surface area contributed by atoms with Crippen LogP contribution in [0.1, 0.15) is 37.9 Å². The molecule has 1 N–H and O–H groups in total. The summed E-state index contributed by atoms with van der Waals surface area (Å²) in [5, 5.41) is 3.44. The Balaban J connectivity index is 1.60. The molecular weight excluding hydrogens is 292 g/mol. The summed E-state index contributed by atoms with van der Waals surface area (Å²) in [4.78, 5) is 19.3. The van der Waals surface area contributed by atoms with Gasteiger partial charge in [-0.1, -0.05) is 0 Å². The van der Waals surface area contributed by atoms with Crippen LogP contribution in [0.2, 0.25) is 0 Å². The minimum Gasteiger partial charge on any atom is -0.381 e. The number of nitrogens with zero attached hydrogens (tertiary/aromatic N) is 3. The van der Waals surface area contributed by atoms with Crippen LogP contribution in [0.4, 0.5) is 0 Å². The fraction of sp³-hybridized carbons (Fsp3) is 0.765. The van der Waals surface area contributed by atoms with Gasteiger partial charge in [-0.15, -0.1) is 0 Å². The lowest BCUT2D eigenvalue weighted by atomic mass is 9.84. The summed E-state index contributed by atoms with van der Waals surface area (Å²) >= 11 is 0. The zero-order valence-electron chi connectivity index (χ0n) is 14.1. The summed E-state index contributed by atoms with van der Waals surface area (Å²) < 4.78 is 7.65. The molecule has 0 unspecified atom stereocenters. The number of amides is 1. The predicted molar refractivity (Wildman–Crippen MR) is 88.2 cm³/mol. The maximum atomic E-state index is 12.9. The van der Waals surface area contributed by atoms with Crippen LogP contribution in [0.15, 0.2) is 12.4 Å². The van der Waals surface area contributed by atoms with Crippen LogP contribution in [0.5, 0.6) is 0 Å². The summed E-state index contributed by atoms with van der Waals surface area (Å²) in [6, 6.07) is 0. The minimum atomic E-state index is 0.0176. The Labute approximate surface area is 138 Å². The molecular formula is C17H28N4O2. The number of hydrogen-bond donors (Lipinski definition) is 1. The zero-order chi connectivity index (χ0) is 16.1. The van der Waals surface area contributed by atoms with Crippen LogP contribution in [-0.2, 0) is 16.1 Å². The Kier molecular flexibility index (Phi) is 5.33. The van der Waals surface area contributed by atoms with E-state index in [2.05, 4.69) is 19.8 Å². The first-order chi connectivity index (χ1) is 11.2. The van der Waals surface area contributed by atoms with Gasteiger partial charge in [0, 0.05) is 57.2 Å². The summed E-state index contributed by atoms with van der Waals surface area (Å²) in [5.74, 6) is 1.31. The van der Waals surface area contributed by atoms with Gasteiger partial charge in [-0.25, -0.2) is 4.98 Å². The van der Waals surface area contributed by atoms with Gasteiger partial charge in [0.1, 0.15) is 5.82 Å². The van der Waals surface area contributed by atoms with E-state index in [0.717, 1.165) is 70.9 Å². The van der Waals surface area contributed by atoms with E-state index in [-0.39, 0.29) is 5.54 Å². The normalized spacial score (nSPS) is 21.3. The van der Waals surface area contributed by atoms with Crippen molar-refractivity contribution in [2.24, 2.45) is 0 Å². The van der Waals surface area contributed by atoms with E-state index in [1.54, 1.807) is 0 Å². The molecule has 1 aromatic rings. The van der Waals surface area contributed by atoms with Gasteiger partial charge in [0.05, 0.1) is 0 Å². The number of imidazole rings is 1. The maximum absolute atomic E-state index is 12.9. The Bertz CT molecular complexity index is 522. The van der Waals surface area contributed by atoms with E-state index in [9.17, 15) is 4.79 Å². The number of carbonyl (C=O) groups is 1. The van der Waals surface area contributed by atoms with Crippen LogP contribution in [0.3, 0.4) is 0 Å².